The van der Waals surface area contributed by atoms with Crippen molar-refractivity contribution in [1.29, 1.82) is 0 Å². The lowest BCUT2D eigenvalue weighted by Gasteiger charge is -2.34. The van der Waals surface area contributed by atoms with Gasteiger partial charge in [0.05, 0.1) is 38.4 Å². The highest BCUT2D eigenvalue weighted by molar-refractivity contribution is 8.32. The minimum atomic E-state index is -4.57. The number of rotatable bonds is 15. The summed E-state index contributed by atoms with van der Waals surface area (Å²) in [6.45, 7) is 1.53. The Hall–Kier alpha value is -5.69. The maximum absolute atomic E-state index is 15.3. The molecule has 6 aromatic rings. The Morgan fingerprint density at radius 1 is 0.883 bits per heavy atom. The number of fused-ring (bicyclic) bond motifs is 2. The number of methoxy groups -OCH3 is 1. The molecule has 320 valence electrons. The van der Waals surface area contributed by atoms with E-state index in [-0.39, 0.29) is 87.1 Å². The maximum atomic E-state index is 15.3. The minimum absolute atomic E-state index is 0.0250. The Morgan fingerprint density at radius 3 is 2.30 bits per heavy atom. The van der Waals surface area contributed by atoms with Gasteiger partial charge in [0.1, 0.15) is 30.4 Å². The maximum Gasteiger partial charge on any atom is 0.410 e. The molecule has 4 heterocycles. The summed E-state index contributed by atoms with van der Waals surface area (Å²) >= 11 is 0. The van der Waals surface area contributed by atoms with Gasteiger partial charge in [-0.3, -0.25) is 0 Å². The number of anilines is 2. The van der Waals surface area contributed by atoms with Gasteiger partial charge < -0.3 is 33.5 Å². The Labute approximate surface area is 345 Å². The van der Waals surface area contributed by atoms with Crippen LogP contribution in [0.3, 0.4) is 0 Å². The zero-order chi connectivity index (χ0) is 42.6. The fraction of sp³-hybridized carbons (Fsp3) is 0.390. The normalized spacial score (nSPS) is 13.9. The van der Waals surface area contributed by atoms with Crippen molar-refractivity contribution in [2.45, 2.75) is 39.0 Å². The van der Waals surface area contributed by atoms with Crippen molar-refractivity contribution >= 4 is 44.7 Å². The number of carbonyl (C=O) groups excluding carboxylic acids is 1. The van der Waals surface area contributed by atoms with Gasteiger partial charge in [0.15, 0.2) is 17.3 Å². The quantitative estimate of drug-likeness (QED) is 0.0777. The molecule has 0 aliphatic carbocycles. The SMILES string of the molecule is COc1ccc(CN(Cc2nc3c(F)c(F)ccc3n2COCCS(C)(C)C)c2nc(N3CCN(C(=O)OCc4ccccc4)CC3)nc3c(CC(F)(F)F)cnn23)cc1. The second-order valence-corrected chi connectivity index (χ2v) is 19.8. The number of alkyl halides is 3. The highest BCUT2D eigenvalue weighted by atomic mass is 32.3. The molecule has 0 unspecified atom stereocenters. The van der Waals surface area contributed by atoms with Gasteiger partial charge in [0.25, 0.3) is 0 Å². The number of amides is 1. The van der Waals surface area contributed by atoms with E-state index in [0.717, 1.165) is 29.1 Å². The van der Waals surface area contributed by atoms with Crippen molar-refractivity contribution in [3.8, 4) is 5.75 Å². The fourth-order valence-electron chi connectivity index (χ4n) is 6.72. The van der Waals surface area contributed by atoms with Crippen molar-refractivity contribution in [3.05, 3.63) is 107 Å². The van der Waals surface area contributed by atoms with Crippen LogP contribution in [0.2, 0.25) is 0 Å². The first-order valence-electron chi connectivity index (χ1n) is 19.1. The van der Waals surface area contributed by atoms with Crippen molar-refractivity contribution in [1.82, 2.24) is 34.0 Å². The molecule has 0 atom stereocenters. The monoisotopic (exact) mass is 855 g/mol. The Kier molecular flexibility index (Phi) is 12.6. The second-order valence-electron chi connectivity index (χ2n) is 15.3. The average molecular weight is 856 g/mol. The molecule has 0 saturated carbocycles. The molecule has 1 saturated heterocycles. The van der Waals surface area contributed by atoms with E-state index < -0.39 is 40.4 Å². The first-order chi connectivity index (χ1) is 28.7. The van der Waals surface area contributed by atoms with Crippen LogP contribution in [-0.2, 0) is 42.3 Å². The smallest absolute Gasteiger partial charge is 0.410 e. The zero-order valence-corrected chi connectivity index (χ0v) is 34.5. The fourth-order valence-corrected chi connectivity index (χ4v) is 7.33. The molecule has 1 aliphatic rings. The lowest BCUT2D eigenvalue weighted by Crippen LogP contribution is -2.49. The molecule has 3 aromatic heterocycles. The van der Waals surface area contributed by atoms with Crippen molar-refractivity contribution in [2.75, 3.05) is 74.2 Å². The molecule has 0 N–H and O–H groups in total. The number of nitrogens with zero attached hydrogens (tertiary/aromatic N) is 9. The molecule has 1 amide bonds. The molecule has 1 aliphatic heterocycles. The van der Waals surface area contributed by atoms with Gasteiger partial charge in [-0.05, 0) is 54.2 Å². The van der Waals surface area contributed by atoms with Crippen LogP contribution in [0.5, 0.6) is 5.75 Å². The van der Waals surface area contributed by atoms with Gasteiger partial charge in [0.2, 0.25) is 11.9 Å². The van der Waals surface area contributed by atoms with E-state index in [1.807, 2.05) is 42.5 Å². The average Bonchev–Trinajstić information content (AvgIpc) is 3.79. The summed E-state index contributed by atoms with van der Waals surface area (Å²) in [5.41, 5.74) is 1.48. The van der Waals surface area contributed by atoms with E-state index in [0.29, 0.717) is 17.9 Å². The van der Waals surface area contributed by atoms with Crippen LogP contribution < -0.4 is 14.5 Å². The number of hydrogen-bond acceptors (Lipinski definition) is 10. The first-order valence-corrected chi connectivity index (χ1v) is 22.1. The summed E-state index contributed by atoms with van der Waals surface area (Å²) in [6, 6.07) is 19.0. The number of halogens is 5. The lowest BCUT2D eigenvalue weighted by molar-refractivity contribution is -0.127. The molecule has 7 rings (SSSR count). The number of carbonyl (C=O) groups is 1. The summed E-state index contributed by atoms with van der Waals surface area (Å²) in [6.07, 6.45) is 1.26. The van der Waals surface area contributed by atoms with Crippen LogP contribution in [-0.4, -0.2) is 111 Å². The third-order valence-corrected chi connectivity index (χ3v) is 11.3. The van der Waals surface area contributed by atoms with Crippen molar-refractivity contribution in [2.24, 2.45) is 0 Å². The summed E-state index contributed by atoms with van der Waals surface area (Å²) in [5.74, 6) is -0.244. The second kappa shape index (κ2) is 17.9. The molecule has 1 fully saturated rings. The van der Waals surface area contributed by atoms with E-state index in [1.54, 1.807) is 38.5 Å². The third-order valence-electron chi connectivity index (χ3n) is 9.93. The predicted molar refractivity (Wildman–Crippen MR) is 220 cm³/mol. The van der Waals surface area contributed by atoms with Gasteiger partial charge in [0, 0.05) is 44.0 Å². The summed E-state index contributed by atoms with van der Waals surface area (Å²) in [7, 11) is 0.653. The molecule has 0 radical (unpaired) electrons. The van der Waals surface area contributed by atoms with E-state index in [1.165, 1.54) is 10.6 Å². The summed E-state index contributed by atoms with van der Waals surface area (Å²) < 4.78 is 91.7. The van der Waals surface area contributed by atoms with Crippen LogP contribution in [0.1, 0.15) is 22.5 Å². The topological polar surface area (TPSA) is 115 Å². The van der Waals surface area contributed by atoms with E-state index in [9.17, 15) is 22.4 Å². The van der Waals surface area contributed by atoms with Gasteiger partial charge in [-0.15, -0.1) is 0 Å². The standard InChI is InChI=1S/C41H46F5N9O4S/c1-57-31-12-10-28(11-13-31)24-53(25-34-48-36-33(15-14-32(42)35(36)43)54(34)27-58-20-21-60(2,3)4)39-50-38(49-37-30(22-41(44,45)46)23-47-55(37)39)51-16-18-52(19-17-51)40(56)59-26-29-8-6-5-7-9-29/h5-15,23H,16-22,24-27H2,1-4H3. The van der Waals surface area contributed by atoms with Crippen LogP contribution >= 0.6 is 10.0 Å². The van der Waals surface area contributed by atoms with Crippen molar-refractivity contribution in [3.63, 3.8) is 0 Å². The van der Waals surface area contributed by atoms with Crippen LogP contribution in [0.15, 0.2) is 72.9 Å². The highest BCUT2D eigenvalue weighted by Gasteiger charge is 2.32. The van der Waals surface area contributed by atoms with Crippen LogP contribution in [0, 0.1) is 11.6 Å². The van der Waals surface area contributed by atoms with Gasteiger partial charge in [-0.1, -0.05) is 42.5 Å². The predicted octanol–water partition coefficient (Wildman–Crippen LogP) is 7.20. The van der Waals surface area contributed by atoms with E-state index in [4.69, 9.17) is 19.2 Å². The summed E-state index contributed by atoms with van der Waals surface area (Å²) in [5, 5.41) is 4.36. The third kappa shape index (κ3) is 10.2. The molecule has 60 heavy (non-hydrogen) atoms. The number of hydrogen-bond donors (Lipinski definition) is 0. The molecular formula is C41H46F5N9O4S. The molecule has 3 aromatic carbocycles. The highest BCUT2D eigenvalue weighted by Crippen LogP contribution is 2.34. The number of piperazine rings is 1. The lowest BCUT2D eigenvalue weighted by atomic mass is 10.2. The number of benzene rings is 3. The largest absolute Gasteiger partial charge is 0.497 e. The number of imidazole rings is 1. The van der Waals surface area contributed by atoms with Gasteiger partial charge >= 0.3 is 12.3 Å². The zero-order valence-electron chi connectivity index (χ0n) is 33.7. The molecule has 0 spiro atoms. The van der Waals surface area contributed by atoms with Crippen molar-refractivity contribution < 1.29 is 41.0 Å². The number of aromatic nitrogens is 6. The molecule has 0 bridgehead atoms. The Bertz CT molecular complexity index is 2420. The Balaban J connectivity index is 1.26. The van der Waals surface area contributed by atoms with Gasteiger partial charge in [-0.2, -0.15) is 32.8 Å². The molecule has 13 nitrogen and oxygen atoms in total. The Morgan fingerprint density at radius 2 is 1.62 bits per heavy atom. The minimum Gasteiger partial charge on any atom is -0.497 e. The summed E-state index contributed by atoms with van der Waals surface area (Å²) in [4.78, 5) is 32.2. The van der Waals surface area contributed by atoms with Crippen LogP contribution in [0.25, 0.3) is 16.7 Å². The first kappa shape index (κ1) is 42.4. The van der Waals surface area contributed by atoms with Gasteiger partial charge in [-0.25, -0.2) is 28.6 Å². The molecular weight excluding hydrogens is 810 g/mol. The van der Waals surface area contributed by atoms with E-state index >= 15 is 4.39 Å². The van der Waals surface area contributed by atoms with Crippen LogP contribution in [0.4, 0.5) is 38.6 Å². The molecule has 19 heteroatoms. The number of ether oxygens (including phenoxy) is 3. The van der Waals surface area contributed by atoms with E-state index in [2.05, 4.69) is 33.8 Å².